The third-order valence-corrected chi connectivity index (χ3v) is 5.17. The lowest BCUT2D eigenvalue weighted by molar-refractivity contribution is -0.143. The number of amides is 4. The molecule has 0 saturated heterocycles. The third-order valence-electron chi connectivity index (χ3n) is 4.81. The quantitative estimate of drug-likeness (QED) is 0.130. The minimum absolute atomic E-state index is 0.139. The SMILES string of the molecule is CC(O)C(NC(=O)C(CS)NC(=O)C(N)Cc1ccccc1)C(=O)NC(CCC(N)=O)C(=O)O. The molecule has 5 unspecified atom stereocenters. The minimum Gasteiger partial charge on any atom is -0.480 e. The van der Waals surface area contributed by atoms with E-state index in [0.717, 1.165) is 5.56 Å². The van der Waals surface area contributed by atoms with Crippen molar-refractivity contribution in [1.29, 1.82) is 0 Å². The van der Waals surface area contributed by atoms with Crippen LogP contribution in [0.2, 0.25) is 0 Å². The largest absolute Gasteiger partial charge is 0.480 e. The maximum atomic E-state index is 12.7. The number of carboxylic acids is 1. The summed E-state index contributed by atoms with van der Waals surface area (Å²) in [5.41, 5.74) is 11.8. The number of aliphatic hydroxyl groups is 1. The molecule has 0 saturated carbocycles. The maximum absolute atomic E-state index is 12.7. The second kappa shape index (κ2) is 14.2. The summed E-state index contributed by atoms with van der Waals surface area (Å²) < 4.78 is 0. The van der Waals surface area contributed by atoms with Crippen molar-refractivity contribution in [3.63, 3.8) is 0 Å². The summed E-state index contributed by atoms with van der Waals surface area (Å²) in [7, 11) is 0. The fourth-order valence-electron chi connectivity index (χ4n) is 2.90. The molecular formula is C21H31N5O7S. The smallest absolute Gasteiger partial charge is 0.326 e. The van der Waals surface area contributed by atoms with Gasteiger partial charge in [-0.25, -0.2) is 4.79 Å². The van der Waals surface area contributed by atoms with E-state index < -0.39 is 59.9 Å². The Bertz CT molecular complexity index is 868. The van der Waals surface area contributed by atoms with E-state index in [4.69, 9.17) is 11.5 Å². The van der Waals surface area contributed by atoms with Crippen LogP contribution in [0.15, 0.2) is 30.3 Å². The van der Waals surface area contributed by atoms with Crippen LogP contribution in [0, 0.1) is 0 Å². The molecule has 0 radical (unpaired) electrons. The number of nitrogens with two attached hydrogens (primary N) is 2. The number of primary amides is 1. The van der Waals surface area contributed by atoms with Crippen LogP contribution in [0.4, 0.5) is 0 Å². The fraction of sp³-hybridized carbons (Fsp3) is 0.476. The summed E-state index contributed by atoms with van der Waals surface area (Å²) in [5, 5.41) is 26.1. The Morgan fingerprint density at radius 3 is 2.06 bits per heavy atom. The first-order chi connectivity index (χ1) is 16.0. The Labute approximate surface area is 202 Å². The highest BCUT2D eigenvalue weighted by Gasteiger charge is 2.32. The number of rotatable bonds is 14. The summed E-state index contributed by atoms with van der Waals surface area (Å²) >= 11 is 4.05. The van der Waals surface area contributed by atoms with Gasteiger partial charge in [0.1, 0.15) is 18.1 Å². The predicted octanol–water partition coefficient (Wildman–Crippen LogP) is -2.33. The molecule has 34 heavy (non-hydrogen) atoms. The second-order valence-electron chi connectivity index (χ2n) is 7.67. The number of carboxylic acid groups (broad SMARTS) is 1. The van der Waals surface area contributed by atoms with Crippen molar-refractivity contribution in [1.82, 2.24) is 16.0 Å². The van der Waals surface area contributed by atoms with E-state index in [1.54, 1.807) is 24.3 Å². The van der Waals surface area contributed by atoms with Gasteiger partial charge in [-0.2, -0.15) is 12.6 Å². The van der Waals surface area contributed by atoms with E-state index in [2.05, 4.69) is 28.6 Å². The lowest BCUT2D eigenvalue weighted by Crippen LogP contribution is -2.60. The normalized spacial score (nSPS) is 15.2. The van der Waals surface area contributed by atoms with Crippen LogP contribution in [-0.4, -0.2) is 75.8 Å². The molecule has 9 N–H and O–H groups in total. The Morgan fingerprint density at radius 1 is 0.971 bits per heavy atom. The molecule has 13 heteroatoms. The van der Waals surface area contributed by atoms with Gasteiger partial charge in [-0.15, -0.1) is 0 Å². The van der Waals surface area contributed by atoms with Crippen LogP contribution in [-0.2, 0) is 30.4 Å². The van der Waals surface area contributed by atoms with Gasteiger partial charge in [0.15, 0.2) is 0 Å². The van der Waals surface area contributed by atoms with E-state index in [9.17, 15) is 34.2 Å². The lowest BCUT2D eigenvalue weighted by Gasteiger charge is -2.26. The highest BCUT2D eigenvalue weighted by Crippen LogP contribution is 2.04. The molecule has 0 aliphatic rings. The molecule has 12 nitrogen and oxygen atoms in total. The topological polar surface area (TPSA) is 214 Å². The Hall–Kier alpha value is -3.16. The highest BCUT2D eigenvalue weighted by molar-refractivity contribution is 7.80. The molecule has 4 amide bonds. The van der Waals surface area contributed by atoms with Crippen LogP contribution in [0.25, 0.3) is 0 Å². The van der Waals surface area contributed by atoms with Crippen LogP contribution < -0.4 is 27.4 Å². The monoisotopic (exact) mass is 497 g/mol. The Kier molecular flexibility index (Phi) is 12.0. The summed E-state index contributed by atoms with van der Waals surface area (Å²) in [6.07, 6.45) is -1.74. The zero-order valence-corrected chi connectivity index (χ0v) is 19.5. The van der Waals surface area contributed by atoms with Gasteiger partial charge in [0.05, 0.1) is 12.1 Å². The molecule has 1 aromatic carbocycles. The van der Waals surface area contributed by atoms with Crippen LogP contribution in [0.5, 0.6) is 0 Å². The van der Waals surface area contributed by atoms with Crippen LogP contribution in [0.1, 0.15) is 25.3 Å². The minimum atomic E-state index is -1.54. The van der Waals surface area contributed by atoms with Crippen molar-refractivity contribution < 1.29 is 34.2 Å². The molecule has 0 aliphatic heterocycles. The van der Waals surface area contributed by atoms with E-state index in [0.29, 0.717) is 0 Å². The number of thiol groups is 1. The van der Waals surface area contributed by atoms with Gasteiger partial charge in [-0.05, 0) is 25.3 Å². The molecule has 0 heterocycles. The standard InChI is InChI=1S/C21H31N5O7S/c1-11(27)17(20(31)24-14(21(32)33)7-8-16(23)28)26-19(30)15(10-34)25-18(29)13(22)9-12-5-3-2-4-6-12/h2-6,11,13-15,17,27,34H,7-10,22H2,1H3,(H2,23,28)(H,24,31)(H,25,29)(H,26,30)(H,32,33). The van der Waals surface area contributed by atoms with Crippen LogP contribution in [0.3, 0.4) is 0 Å². The molecule has 1 rings (SSSR count). The number of carbonyl (C=O) groups excluding carboxylic acids is 4. The van der Waals surface area contributed by atoms with Crippen molar-refractivity contribution >= 4 is 42.2 Å². The molecule has 188 valence electrons. The highest BCUT2D eigenvalue weighted by atomic mass is 32.1. The molecule has 5 atom stereocenters. The van der Waals surface area contributed by atoms with Gasteiger partial charge >= 0.3 is 5.97 Å². The average Bonchev–Trinajstić information content (AvgIpc) is 2.77. The van der Waals surface area contributed by atoms with Crippen molar-refractivity contribution in [2.24, 2.45) is 11.5 Å². The number of carbonyl (C=O) groups is 5. The maximum Gasteiger partial charge on any atom is 0.326 e. The predicted molar refractivity (Wildman–Crippen MR) is 126 cm³/mol. The first kappa shape index (κ1) is 28.9. The van der Waals surface area contributed by atoms with Crippen molar-refractivity contribution in [3.05, 3.63) is 35.9 Å². The van der Waals surface area contributed by atoms with Crippen molar-refractivity contribution in [2.45, 2.75) is 56.5 Å². The first-order valence-corrected chi connectivity index (χ1v) is 11.1. The van der Waals surface area contributed by atoms with Crippen molar-refractivity contribution in [3.8, 4) is 0 Å². The number of aliphatic hydroxyl groups excluding tert-OH is 1. The number of hydrogen-bond donors (Lipinski definition) is 8. The zero-order valence-electron chi connectivity index (χ0n) is 18.6. The van der Waals surface area contributed by atoms with E-state index in [1.807, 2.05) is 6.07 Å². The van der Waals surface area contributed by atoms with E-state index in [1.165, 1.54) is 6.92 Å². The fourth-order valence-corrected chi connectivity index (χ4v) is 3.16. The molecule has 1 aromatic rings. The van der Waals surface area contributed by atoms with Gasteiger partial charge < -0.3 is 37.6 Å². The van der Waals surface area contributed by atoms with Crippen LogP contribution >= 0.6 is 12.6 Å². The average molecular weight is 498 g/mol. The lowest BCUT2D eigenvalue weighted by atomic mass is 10.1. The van der Waals surface area contributed by atoms with Gasteiger partial charge in [0.25, 0.3) is 0 Å². The van der Waals surface area contributed by atoms with Crippen molar-refractivity contribution in [2.75, 3.05) is 5.75 Å². The van der Waals surface area contributed by atoms with Gasteiger partial charge in [0, 0.05) is 12.2 Å². The van der Waals surface area contributed by atoms with E-state index in [-0.39, 0.29) is 25.0 Å². The molecule has 0 aliphatic carbocycles. The second-order valence-corrected chi connectivity index (χ2v) is 8.04. The first-order valence-electron chi connectivity index (χ1n) is 10.5. The van der Waals surface area contributed by atoms with Gasteiger partial charge in [-0.3, -0.25) is 19.2 Å². The summed E-state index contributed by atoms with van der Waals surface area (Å²) in [6.45, 7) is 1.22. The summed E-state index contributed by atoms with van der Waals surface area (Å²) in [6, 6.07) is 3.89. The van der Waals surface area contributed by atoms with E-state index >= 15 is 0 Å². The number of aliphatic carboxylic acids is 1. The number of benzene rings is 1. The van der Waals surface area contributed by atoms with Gasteiger partial charge in [-0.1, -0.05) is 30.3 Å². The zero-order chi connectivity index (χ0) is 25.8. The number of nitrogens with one attached hydrogen (secondary N) is 3. The summed E-state index contributed by atoms with van der Waals surface area (Å²) in [5.74, 6) is -4.75. The molecule has 0 aromatic heterocycles. The molecular weight excluding hydrogens is 466 g/mol. The Balaban J connectivity index is 2.79. The third kappa shape index (κ3) is 9.77. The molecule has 0 spiro atoms. The molecule has 0 bridgehead atoms. The van der Waals surface area contributed by atoms with Gasteiger partial charge in [0.2, 0.25) is 23.6 Å². The number of hydrogen-bond acceptors (Lipinski definition) is 8. The Morgan fingerprint density at radius 2 is 1.56 bits per heavy atom. The molecule has 0 fully saturated rings. The summed E-state index contributed by atoms with van der Waals surface area (Å²) in [4.78, 5) is 59.9.